The molecule has 0 spiro atoms. The number of carbonyl (C=O) groups excluding carboxylic acids is 1. The topological polar surface area (TPSA) is 33.5 Å². The van der Waals surface area contributed by atoms with E-state index in [1.54, 1.807) is 4.90 Å². The number of hydrogen-bond donors (Lipinski definition) is 2. The van der Waals surface area contributed by atoms with Gasteiger partial charge in [-0.3, -0.25) is 4.79 Å². The fourth-order valence-electron chi connectivity index (χ4n) is 2.41. The van der Waals surface area contributed by atoms with Gasteiger partial charge in [-0.05, 0) is 34.7 Å². The zero-order valence-electron chi connectivity index (χ0n) is 10.5. The predicted molar refractivity (Wildman–Crippen MR) is 80.9 cm³/mol. The summed E-state index contributed by atoms with van der Waals surface area (Å²) < 4.78 is 1.01. The van der Waals surface area contributed by atoms with Gasteiger partial charge in [0, 0.05) is 29.4 Å². The van der Waals surface area contributed by atoms with Gasteiger partial charge in [0.05, 0.1) is 25.2 Å². The molecule has 2 rings (SSSR count). The summed E-state index contributed by atoms with van der Waals surface area (Å²) in [5.74, 6) is 0.0522. The van der Waals surface area contributed by atoms with Gasteiger partial charge in [0.2, 0.25) is 0 Å². The van der Waals surface area contributed by atoms with Crippen molar-refractivity contribution in [1.29, 1.82) is 0 Å². The second-order valence-corrected chi connectivity index (χ2v) is 5.96. The molecule has 0 aromatic heterocycles. The molecule has 1 heterocycles. The minimum atomic E-state index is 0.0522. The molecular weight excluding hydrogens is 339 g/mol. The third kappa shape index (κ3) is 3.95. The van der Waals surface area contributed by atoms with Crippen LogP contribution in [0.1, 0.15) is 29.6 Å². The molecule has 0 radical (unpaired) electrons. The van der Waals surface area contributed by atoms with E-state index in [0.717, 1.165) is 22.1 Å². The van der Waals surface area contributed by atoms with Crippen LogP contribution in [0.3, 0.4) is 0 Å². The molecular formula is C14H20IN2O+. The quantitative estimate of drug-likeness (QED) is 0.599. The van der Waals surface area contributed by atoms with Crippen LogP contribution < -0.4 is 10.2 Å². The highest BCUT2D eigenvalue weighted by Gasteiger charge is 2.14. The Morgan fingerprint density at radius 1 is 1.28 bits per heavy atom. The van der Waals surface area contributed by atoms with E-state index in [2.05, 4.69) is 27.9 Å². The maximum absolute atomic E-state index is 11.9. The fourth-order valence-corrected chi connectivity index (χ4v) is 3.04. The molecule has 0 atom stereocenters. The Kier molecular flexibility index (Phi) is 5.44. The van der Waals surface area contributed by atoms with E-state index >= 15 is 0 Å². The van der Waals surface area contributed by atoms with Crippen molar-refractivity contribution in [3.8, 4) is 0 Å². The molecule has 0 bridgehead atoms. The Labute approximate surface area is 122 Å². The molecule has 98 valence electrons. The van der Waals surface area contributed by atoms with Crippen molar-refractivity contribution in [3.05, 3.63) is 33.4 Å². The van der Waals surface area contributed by atoms with Crippen LogP contribution in [-0.2, 0) is 0 Å². The van der Waals surface area contributed by atoms with Crippen LogP contribution in [0.4, 0.5) is 0 Å². The van der Waals surface area contributed by atoms with Gasteiger partial charge < -0.3 is 10.2 Å². The van der Waals surface area contributed by atoms with Gasteiger partial charge in [-0.1, -0.05) is 12.1 Å². The van der Waals surface area contributed by atoms with Crippen LogP contribution in [0.5, 0.6) is 0 Å². The number of hydrogen-bond acceptors (Lipinski definition) is 1. The second kappa shape index (κ2) is 7.09. The molecule has 0 saturated carbocycles. The molecule has 1 amide bonds. The minimum Gasteiger partial charge on any atom is -0.352 e. The van der Waals surface area contributed by atoms with E-state index in [0.29, 0.717) is 0 Å². The molecule has 4 heteroatoms. The lowest BCUT2D eigenvalue weighted by Gasteiger charge is -2.12. The van der Waals surface area contributed by atoms with Crippen LogP contribution in [0.25, 0.3) is 0 Å². The van der Waals surface area contributed by atoms with Gasteiger partial charge in [0.25, 0.3) is 5.91 Å². The lowest BCUT2D eigenvalue weighted by Crippen LogP contribution is -3.10. The summed E-state index contributed by atoms with van der Waals surface area (Å²) in [6.45, 7) is 4.59. The average Bonchev–Trinajstić information content (AvgIpc) is 2.88. The van der Waals surface area contributed by atoms with Gasteiger partial charge in [0.15, 0.2) is 0 Å². The zero-order valence-corrected chi connectivity index (χ0v) is 12.7. The van der Waals surface area contributed by atoms with Crippen LogP contribution in [0, 0.1) is 3.57 Å². The van der Waals surface area contributed by atoms with Crippen molar-refractivity contribution in [2.24, 2.45) is 0 Å². The van der Waals surface area contributed by atoms with Gasteiger partial charge in [-0.25, -0.2) is 0 Å². The first-order chi connectivity index (χ1) is 8.77. The number of likely N-dealkylation sites (tertiary alicyclic amines) is 1. The molecule has 1 aromatic carbocycles. The summed E-state index contributed by atoms with van der Waals surface area (Å²) in [4.78, 5) is 13.6. The van der Waals surface area contributed by atoms with Crippen molar-refractivity contribution in [3.63, 3.8) is 0 Å². The van der Waals surface area contributed by atoms with Crippen LogP contribution in [-0.4, -0.2) is 32.1 Å². The predicted octanol–water partition coefficient (Wildman–Crippen LogP) is 1.09. The van der Waals surface area contributed by atoms with Gasteiger partial charge in [-0.15, -0.1) is 0 Å². The van der Waals surface area contributed by atoms with Crippen LogP contribution in [0.15, 0.2) is 24.3 Å². The maximum atomic E-state index is 11.9. The normalized spacial score (nSPS) is 15.8. The summed E-state index contributed by atoms with van der Waals surface area (Å²) in [6, 6.07) is 7.70. The van der Waals surface area contributed by atoms with E-state index < -0.39 is 0 Å². The number of halogens is 1. The summed E-state index contributed by atoms with van der Waals surface area (Å²) in [7, 11) is 0. The van der Waals surface area contributed by atoms with E-state index in [4.69, 9.17) is 0 Å². The highest BCUT2D eigenvalue weighted by atomic mass is 127. The molecule has 1 aliphatic heterocycles. The fraction of sp³-hybridized carbons (Fsp3) is 0.500. The number of benzene rings is 1. The minimum absolute atomic E-state index is 0.0522. The molecule has 1 fully saturated rings. The molecule has 3 nitrogen and oxygen atoms in total. The van der Waals surface area contributed by atoms with Crippen molar-refractivity contribution in [2.75, 3.05) is 26.2 Å². The highest BCUT2D eigenvalue weighted by molar-refractivity contribution is 14.1. The molecule has 1 aromatic rings. The lowest BCUT2D eigenvalue weighted by atomic mass is 10.2. The average molecular weight is 359 g/mol. The first-order valence-corrected chi connectivity index (χ1v) is 7.71. The van der Waals surface area contributed by atoms with E-state index in [1.807, 2.05) is 24.3 Å². The first-order valence-electron chi connectivity index (χ1n) is 6.63. The summed E-state index contributed by atoms with van der Waals surface area (Å²) in [6.07, 6.45) is 3.80. The van der Waals surface area contributed by atoms with Gasteiger partial charge >= 0.3 is 0 Å². The lowest BCUT2D eigenvalue weighted by molar-refractivity contribution is -0.887. The van der Waals surface area contributed by atoms with E-state index in [9.17, 15) is 4.79 Å². The molecule has 1 aliphatic rings. The van der Waals surface area contributed by atoms with Crippen molar-refractivity contribution in [2.45, 2.75) is 19.3 Å². The summed E-state index contributed by atoms with van der Waals surface area (Å²) in [5, 5.41) is 3.01. The molecule has 1 saturated heterocycles. The SMILES string of the molecule is O=C(NCCC[NH+]1CCCC1)c1ccccc1I. The maximum Gasteiger partial charge on any atom is 0.252 e. The number of amides is 1. The number of nitrogens with one attached hydrogen (secondary N) is 2. The highest BCUT2D eigenvalue weighted by Crippen LogP contribution is 2.10. The summed E-state index contributed by atoms with van der Waals surface area (Å²) >= 11 is 2.20. The van der Waals surface area contributed by atoms with Gasteiger partial charge in [-0.2, -0.15) is 0 Å². The Morgan fingerprint density at radius 3 is 2.72 bits per heavy atom. The Bertz CT molecular complexity index is 403. The number of quaternary nitrogens is 1. The van der Waals surface area contributed by atoms with E-state index in [-0.39, 0.29) is 5.91 Å². The Hall–Kier alpha value is -0.620. The van der Waals surface area contributed by atoms with Crippen molar-refractivity contribution < 1.29 is 9.69 Å². The van der Waals surface area contributed by atoms with Crippen molar-refractivity contribution in [1.82, 2.24) is 5.32 Å². The third-order valence-corrected chi connectivity index (χ3v) is 4.36. The first kappa shape index (κ1) is 13.8. The Morgan fingerprint density at radius 2 is 2.00 bits per heavy atom. The zero-order chi connectivity index (χ0) is 12.8. The monoisotopic (exact) mass is 359 g/mol. The number of carbonyl (C=O) groups is 1. The number of rotatable bonds is 5. The molecule has 2 N–H and O–H groups in total. The third-order valence-electron chi connectivity index (χ3n) is 3.42. The Balaban J connectivity index is 1.70. The molecule has 0 unspecified atom stereocenters. The largest absolute Gasteiger partial charge is 0.352 e. The second-order valence-electron chi connectivity index (χ2n) is 4.80. The molecule has 0 aliphatic carbocycles. The smallest absolute Gasteiger partial charge is 0.252 e. The molecule has 18 heavy (non-hydrogen) atoms. The van der Waals surface area contributed by atoms with Crippen LogP contribution in [0.2, 0.25) is 0 Å². The van der Waals surface area contributed by atoms with Crippen molar-refractivity contribution >= 4 is 28.5 Å². The van der Waals surface area contributed by atoms with Gasteiger partial charge in [0.1, 0.15) is 0 Å². The summed E-state index contributed by atoms with van der Waals surface area (Å²) in [5.41, 5.74) is 0.784. The standard InChI is InChI=1S/C14H19IN2O/c15-13-7-2-1-6-12(13)14(18)16-8-5-11-17-9-3-4-10-17/h1-2,6-7H,3-5,8-11H2,(H,16,18)/p+1. The van der Waals surface area contributed by atoms with Crippen LogP contribution >= 0.6 is 22.6 Å². The van der Waals surface area contributed by atoms with E-state index in [1.165, 1.54) is 32.5 Å².